The predicted octanol–water partition coefficient (Wildman–Crippen LogP) is 4.02. The van der Waals surface area contributed by atoms with Gasteiger partial charge in [0, 0.05) is 15.3 Å². The zero-order valence-corrected chi connectivity index (χ0v) is 9.87. The minimum atomic E-state index is -2.59. The summed E-state index contributed by atoms with van der Waals surface area (Å²) < 4.78 is 25.0. The Morgan fingerprint density at radius 1 is 1.54 bits per heavy atom. The molecule has 0 fully saturated rings. The van der Waals surface area contributed by atoms with Crippen LogP contribution in [-0.4, -0.2) is 4.98 Å². The molecular formula is C7H4Cl2F2IN. The summed E-state index contributed by atoms with van der Waals surface area (Å²) in [6, 6.07) is 0. The van der Waals surface area contributed by atoms with Crippen molar-refractivity contribution in [2.45, 2.75) is 12.3 Å². The summed E-state index contributed by atoms with van der Waals surface area (Å²) in [5.74, 6) is 0.110. The molecule has 0 atom stereocenters. The van der Waals surface area contributed by atoms with E-state index < -0.39 is 6.43 Å². The molecule has 0 saturated carbocycles. The predicted molar refractivity (Wildman–Crippen MR) is 56.5 cm³/mol. The van der Waals surface area contributed by atoms with Crippen LogP contribution in [0.15, 0.2) is 6.20 Å². The fourth-order valence-corrected chi connectivity index (χ4v) is 2.59. The molecule has 1 aromatic heterocycles. The zero-order valence-electron chi connectivity index (χ0n) is 6.20. The van der Waals surface area contributed by atoms with Gasteiger partial charge in [-0.1, -0.05) is 11.6 Å². The molecule has 0 spiro atoms. The molecule has 0 aliphatic heterocycles. The van der Waals surface area contributed by atoms with Crippen molar-refractivity contribution in [2.24, 2.45) is 0 Å². The van der Waals surface area contributed by atoms with E-state index in [-0.39, 0.29) is 11.6 Å². The number of halogens is 5. The highest BCUT2D eigenvalue weighted by molar-refractivity contribution is 14.1. The first kappa shape index (κ1) is 11.4. The number of pyridine rings is 1. The summed E-state index contributed by atoms with van der Waals surface area (Å²) in [7, 11) is 0. The Hall–Kier alpha value is 0.320. The minimum Gasteiger partial charge on any atom is -0.253 e. The van der Waals surface area contributed by atoms with Crippen LogP contribution < -0.4 is 0 Å². The molecule has 0 aliphatic rings. The van der Waals surface area contributed by atoms with Gasteiger partial charge in [-0.05, 0) is 22.6 Å². The molecule has 0 radical (unpaired) electrons. The number of alkyl halides is 3. The Labute approximate surface area is 97.6 Å². The van der Waals surface area contributed by atoms with Crippen molar-refractivity contribution >= 4 is 45.8 Å². The van der Waals surface area contributed by atoms with Crippen LogP contribution in [0.4, 0.5) is 8.78 Å². The van der Waals surface area contributed by atoms with Gasteiger partial charge in [-0.25, -0.2) is 8.78 Å². The smallest absolute Gasteiger partial charge is 0.253 e. The van der Waals surface area contributed by atoms with Gasteiger partial charge in [-0.15, -0.1) is 11.6 Å². The molecule has 0 aromatic carbocycles. The van der Waals surface area contributed by atoms with Gasteiger partial charge in [0.25, 0.3) is 6.43 Å². The normalized spacial score (nSPS) is 10.9. The van der Waals surface area contributed by atoms with Crippen LogP contribution >= 0.6 is 45.8 Å². The van der Waals surface area contributed by atoms with Gasteiger partial charge < -0.3 is 0 Å². The quantitative estimate of drug-likeness (QED) is 0.587. The molecule has 1 aromatic rings. The second-order valence-corrected chi connectivity index (χ2v) is 3.97. The molecule has 72 valence electrons. The fraction of sp³-hybridized carbons (Fsp3) is 0.286. The van der Waals surface area contributed by atoms with E-state index in [2.05, 4.69) is 4.98 Å². The second kappa shape index (κ2) is 4.70. The Morgan fingerprint density at radius 3 is 2.62 bits per heavy atom. The van der Waals surface area contributed by atoms with Crippen LogP contribution in [0, 0.1) is 3.57 Å². The van der Waals surface area contributed by atoms with E-state index in [0.717, 1.165) is 0 Å². The van der Waals surface area contributed by atoms with Crippen molar-refractivity contribution in [3.63, 3.8) is 0 Å². The summed E-state index contributed by atoms with van der Waals surface area (Å²) >= 11 is 13.0. The maximum atomic E-state index is 12.3. The summed E-state index contributed by atoms with van der Waals surface area (Å²) in [6.45, 7) is 0. The summed E-state index contributed by atoms with van der Waals surface area (Å²) in [5.41, 5.74) is 0.245. The molecule has 0 amide bonds. The van der Waals surface area contributed by atoms with Crippen LogP contribution in [0.3, 0.4) is 0 Å². The van der Waals surface area contributed by atoms with E-state index >= 15 is 0 Å². The van der Waals surface area contributed by atoms with Crippen LogP contribution in [0.1, 0.15) is 17.7 Å². The SMILES string of the molecule is FC(F)c1ncc(Cl)c(CCl)c1I. The minimum absolute atomic E-state index is 0.110. The lowest BCUT2D eigenvalue weighted by molar-refractivity contribution is 0.145. The van der Waals surface area contributed by atoms with Crippen molar-refractivity contribution in [2.75, 3.05) is 0 Å². The molecule has 6 heteroatoms. The van der Waals surface area contributed by atoms with Crippen molar-refractivity contribution in [1.82, 2.24) is 4.98 Å². The highest BCUT2D eigenvalue weighted by Gasteiger charge is 2.17. The van der Waals surface area contributed by atoms with Crippen molar-refractivity contribution in [3.05, 3.63) is 26.0 Å². The molecule has 0 aliphatic carbocycles. The largest absolute Gasteiger partial charge is 0.281 e. The molecular weight excluding hydrogens is 334 g/mol. The lowest BCUT2D eigenvalue weighted by Gasteiger charge is -2.07. The highest BCUT2D eigenvalue weighted by Crippen LogP contribution is 2.29. The van der Waals surface area contributed by atoms with Gasteiger partial charge in [0.05, 0.1) is 10.9 Å². The third-order valence-corrected chi connectivity index (χ3v) is 3.23. The van der Waals surface area contributed by atoms with E-state index in [9.17, 15) is 8.78 Å². The van der Waals surface area contributed by atoms with Gasteiger partial charge in [-0.2, -0.15) is 0 Å². The lowest BCUT2D eigenvalue weighted by Crippen LogP contribution is -1.99. The third-order valence-electron chi connectivity index (χ3n) is 1.44. The second-order valence-electron chi connectivity index (χ2n) is 2.22. The standard InChI is InChI=1S/C7H4Cl2F2IN/c8-1-3-4(9)2-13-6(5(3)12)7(10)11/h2,7H,1H2. The lowest BCUT2D eigenvalue weighted by atomic mass is 10.2. The van der Waals surface area contributed by atoms with E-state index in [1.807, 2.05) is 0 Å². The van der Waals surface area contributed by atoms with E-state index in [0.29, 0.717) is 14.2 Å². The van der Waals surface area contributed by atoms with Gasteiger partial charge in [0.1, 0.15) is 5.69 Å². The maximum Gasteiger partial charge on any atom is 0.281 e. The van der Waals surface area contributed by atoms with E-state index in [1.54, 1.807) is 22.6 Å². The van der Waals surface area contributed by atoms with E-state index in [1.165, 1.54) is 6.20 Å². The number of aromatic nitrogens is 1. The van der Waals surface area contributed by atoms with E-state index in [4.69, 9.17) is 23.2 Å². The Kier molecular flexibility index (Phi) is 4.12. The first-order chi connectivity index (χ1) is 6.07. The molecule has 13 heavy (non-hydrogen) atoms. The molecule has 1 nitrogen and oxygen atoms in total. The number of rotatable bonds is 2. The van der Waals surface area contributed by atoms with Crippen molar-refractivity contribution in [1.29, 1.82) is 0 Å². The Balaban J connectivity index is 3.27. The van der Waals surface area contributed by atoms with Gasteiger partial charge in [0.15, 0.2) is 0 Å². The zero-order chi connectivity index (χ0) is 10.0. The first-order valence-corrected chi connectivity index (χ1v) is 5.24. The number of nitrogens with zero attached hydrogens (tertiary/aromatic N) is 1. The van der Waals surface area contributed by atoms with Crippen molar-refractivity contribution in [3.8, 4) is 0 Å². The Morgan fingerprint density at radius 2 is 2.15 bits per heavy atom. The van der Waals surface area contributed by atoms with Crippen LogP contribution in [-0.2, 0) is 5.88 Å². The summed E-state index contributed by atoms with van der Waals surface area (Å²) in [5, 5.41) is 0.323. The average Bonchev–Trinajstić information content (AvgIpc) is 2.04. The molecule has 1 rings (SSSR count). The van der Waals surface area contributed by atoms with Crippen LogP contribution in [0.25, 0.3) is 0 Å². The topological polar surface area (TPSA) is 12.9 Å². The number of hydrogen-bond acceptors (Lipinski definition) is 1. The number of hydrogen-bond donors (Lipinski definition) is 0. The molecule has 0 N–H and O–H groups in total. The van der Waals surface area contributed by atoms with Gasteiger partial charge >= 0.3 is 0 Å². The molecule has 0 saturated heterocycles. The maximum absolute atomic E-state index is 12.3. The van der Waals surface area contributed by atoms with Gasteiger partial charge in [-0.3, -0.25) is 4.98 Å². The van der Waals surface area contributed by atoms with Gasteiger partial charge in [0.2, 0.25) is 0 Å². The first-order valence-electron chi connectivity index (χ1n) is 3.24. The summed E-state index contributed by atoms with van der Waals surface area (Å²) in [4.78, 5) is 3.54. The highest BCUT2D eigenvalue weighted by atomic mass is 127. The molecule has 1 heterocycles. The van der Waals surface area contributed by atoms with Crippen molar-refractivity contribution < 1.29 is 8.78 Å². The average molecular weight is 338 g/mol. The fourth-order valence-electron chi connectivity index (χ4n) is 0.795. The molecule has 0 unspecified atom stereocenters. The molecule has 0 bridgehead atoms. The Bertz CT molecular complexity index is 320. The third kappa shape index (κ3) is 2.41. The summed E-state index contributed by atoms with van der Waals surface area (Å²) in [6.07, 6.45) is -1.39. The van der Waals surface area contributed by atoms with Crippen LogP contribution in [0.5, 0.6) is 0 Å². The monoisotopic (exact) mass is 337 g/mol. The van der Waals surface area contributed by atoms with Crippen LogP contribution in [0.2, 0.25) is 5.02 Å².